The van der Waals surface area contributed by atoms with Gasteiger partial charge in [-0.05, 0) is 85.2 Å². The maximum absolute atomic E-state index is 15.5. The van der Waals surface area contributed by atoms with Crippen LogP contribution in [0, 0.1) is 16.4 Å². The van der Waals surface area contributed by atoms with Crippen LogP contribution in [0.5, 0.6) is 0 Å². The molecule has 0 unspecified atom stereocenters. The molecule has 220 valence electrons. The van der Waals surface area contributed by atoms with Crippen molar-refractivity contribution >= 4 is 34.0 Å². The van der Waals surface area contributed by atoms with Gasteiger partial charge in [-0.15, -0.1) is 0 Å². The van der Waals surface area contributed by atoms with Crippen molar-refractivity contribution in [2.24, 2.45) is 5.92 Å². The smallest absolute Gasteiger partial charge is 0.198 e. The SMILES string of the molecule is CCCCCCCCCCc1ccc2c(oc(=S)c3cc(C4CCC(CCCCCCCC)CC4)ccc32)c1F. The monoisotopic (exact) mass is 564 g/mol. The minimum atomic E-state index is -0.221. The molecule has 0 radical (unpaired) electrons. The summed E-state index contributed by atoms with van der Waals surface area (Å²) < 4.78 is 22.0. The van der Waals surface area contributed by atoms with Crippen LogP contribution in [0.15, 0.2) is 34.7 Å². The number of unbranched alkanes of at least 4 members (excludes halogenated alkanes) is 12. The quantitative estimate of drug-likeness (QED) is 0.0918. The Labute approximate surface area is 248 Å². The Kier molecular flexibility index (Phi) is 13.0. The molecule has 0 N–H and O–H groups in total. The minimum Gasteiger partial charge on any atom is -0.441 e. The van der Waals surface area contributed by atoms with Crippen molar-refractivity contribution in [1.29, 1.82) is 0 Å². The Balaban J connectivity index is 1.34. The summed E-state index contributed by atoms with van der Waals surface area (Å²) in [7, 11) is 0. The van der Waals surface area contributed by atoms with Crippen molar-refractivity contribution < 1.29 is 8.81 Å². The second kappa shape index (κ2) is 16.6. The number of aryl methyl sites for hydroxylation is 1. The lowest BCUT2D eigenvalue weighted by molar-refractivity contribution is 0.302. The van der Waals surface area contributed by atoms with Gasteiger partial charge in [0.05, 0.1) is 0 Å². The van der Waals surface area contributed by atoms with Crippen molar-refractivity contribution in [3.63, 3.8) is 0 Å². The molecule has 1 aliphatic rings. The first-order chi connectivity index (χ1) is 19.6. The molecule has 2 aromatic carbocycles. The molecule has 0 atom stereocenters. The number of halogens is 1. The van der Waals surface area contributed by atoms with Crippen molar-refractivity contribution in [2.75, 3.05) is 0 Å². The Morgan fingerprint density at radius 1 is 0.700 bits per heavy atom. The molecule has 1 fully saturated rings. The van der Waals surface area contributed by atoms with Crippen LogP contribution < -0.4 is 0 Å². The standard InChI is InChI=1S/C37H53FOS/c1-3-5-7-9-11-12-14-16-18-30-23-26-33-32-25-24-31(27-34(32)37(40)39-36(33)35(30)38)29-21-19-28(20-22-29)17-15-13-10-8-6-4-2/h23-29H,3-22H2,1-2H3. The number of hydrogen-bond acceptors (Lipinski definition) is 2. The number of rotatable bonds is 17. The van der Waals surface area contributed by atoms with Gasteiger partial charge in [0.25, 0.3) is 0 Å². The maximum atomic E-state index is 15.5. The lowest BCUT2D eigenvalue weighted by Gasteiger charge is -2.29. The van der Waals surface area contributed by atoms with Gasteiger partial charge in [0.15, 0.2) is 16.1 Å². The highest BCUT2D eigenvalue weighted by atomic mass is 32.1. The van der Waals surface area contributed by atoms with Crippen LogP contribution in [-0.2, 0) is 6.42 Å². The molecule has 40 heavy (non-hydrogen) atoms. The van der Waals surface area contributed by atoms with Gasteiger partial charge in [-0.1, -0.05) is 128 Å². The molecule has 1 aliphatic carbocycles. The van der Waals surface area contributed by atoms with E-state index in [4.69, 9.17) is 16.6 Å². The highest BCUT2D eigenvalue weighted by Gasteiger charge is 2.23. The van der Waals surface area contributed by atoms with E-state index < -0.39 is 0 Å². The van der Waals surface area contributed by atoms with E-state index in [1.165, 1.54) is 115 Å². The summed E-state index contributed by atoms with van der Waals surface area (Å²) in [4.78, 5) is 0. The highest BCUT2D eigenvalue weighted by Crippen LogP contribution is 2.40. The fourth-order valence-corrected chi connectivity index (χ4v) is 7.17. The first-order valence-electron chi connectivity index (χ1n) is 16.8. The second-order valence-corrected chi connectivity index (χ2v) is 13.0. The van der Waals surface area contributed by atoms with Crippen LogP contribution in [0.1, 0.15) is 153 Å². The lowest BCUT2D eigenvalue weighted by atomic mass is 9.76. The van der Waals surface area contributed by atoms with Crippen LogP contribution in [-0.4, -0.2) is 0 Å². The number of hydrogen-bond donors (Lipinski definition) is 0. The molecule has 4 rings (SSSR count). The molecule has 1 heterocycles. The fourth-order valence-electron chi connectivity index (χ4n) is 6.92. The first-order valence-corrected chi connectivity index (χ1v) is 17.2. The van der Waals surface area contributed by atoms with Crippen LogP contribution >= 0.6 is 12.2 Å². The van der Waals surface area contributed by atoms with Gasteiger partial charge >= 0.3 is 0 Å². The summed E-state index contributed by atoms with van der Waals surface area (Å²) in [6.07, 6.45) is 25.7. The summed E-state index contributed by atoms with van der Waals surface area (Å²) in [6, 6.07) is 10.7. The van der Waals surface area contributed by atoms with E-state index in [1.54, 1.807) is 0 Å². The third-order valence-electron chi connectivity index (χ3n) is 9.51. The summed E-state index contributed by atoms with van der Waals surface area (Å²) in [6.45, 7) is 4.54. The Hall–Kier alpha value is -1.74. The third-order valence-corrected chi connectivity index (χ3v) is 9.81. The molecule has 1 aromatic heterocycles. The summed E-state index contributed by atoms with van der Waals surface area (Å²) in [5, 5.41) is 2.82. The topological polar surface area (TPSA) is 13.1 Å². The molecule has 3 aromatic rings. The Bertz CT molecular complexity index is 1240. The first kappa shape index (κ1) is 31.2. The van der Waals surface area contributed by atoms with Crippen molar-refractivity contribution in [3.05, 3.63) is 52.0 Å². The van der Waals surface area contributed by atoms with Gasteiger partial charge in [-0.3, -0.25) is 0 Å². The summed E-state index contributed by atoms with van der Waals surface area (Å²) in [5.41, 5.74) is 2.46. The second-order valence-electron chi connectivity index (χ2n) is 12.6. The van der Waals surface area contributed by atoms with Crippen LogP contribution in [0.4, 0.5) is 4.39 Å². The van der Waals surface area contributed by atoms with Crippen LogP contribution in [0.3, 0.4) is 0 Å². The molecule has 0 spiro atoms. The van der Waals surface area contributed by atoms with Crippen molar-refractivity contribution in [2.45, 2.75) is 148 Å². The van der Waals surface area contributed by atoms with E-state index in [9.17, 15) is 0 Å². The largest absolute Gasteiger partial charge is 0.441 e. The average Bonchev–Trinajstić information content (AvgIpc) is 2.98. The van der Waals surface area contributed by atoms with Crippen molar-refractivity contribution in [1.82, 2.24) is 0 Å². The van der Waals surface area contributed by atoms with Gasteiger partial charge in [0.2, 0.25) is 0 Å². The molecular formula is C37H53FOS. The predicted octanol–water partition coefficient (Wildman–Crippen LogP) is 13.2. The van der Waals surface area contributed by atoms with Gasteiger partial charge in [-0.25, -0.2) is 4.39 Å². The Morgan fingerprint density at radius 3 is 1.98 bits per heavy atom. The lowest BCUT2D eigenvalue weighted by Crippen LogP contribution is -2.13. The van der Waals surface area contributed by atoms with E-state index in [1.807, 2.05) is 12.1 Å². The van der Waals surface area contributed by atoms with Crippen molar-refractivity contribution in [3.8, 4) is 0 Å². The van der Waals surface area contributed by atoms with Gasteiger partial charge < -0.3 is 4.42 Å². The summed E-state index contributed by atoms with van der Waals surface area (Å²) >= 11 is 5.68. The molecule has 1 nitrogen and oxygen atoms in total. The third kappa shape index (κ3) is 8.63. The molecule has 0 saturated heterocycles. The fraction of sp³-hybridized carbons (Fsp3) is 0.649. The van der Waals surface area contributed by atoms with E-state index in [2.05, 4.69) is 32.0 Å². The minimum absolute atomic E-state index is 0.221. The summed E-state index contributed by atoms with van der Waals surface area (Å²) in [5.74, 6) is 1.28. The zero-order chi connectivity index (χ0) is 28.2. The van der Waals surface area contributed by atoms with E-state index in [0.717, 1.165) is 46.9 Å². The highest BCUT2D eigenvalue weighted by molar-refractivity contribution is 7.71. The zero-order valence-corrected chi connectivity index (χ0v) is 26.2. The number of benzene rings is 2. The molecule has 0 aliphatic heterocycles. The molecule has 0 amide bonds. The molecular weight excluding hydrogens is 511 g/mol. The average molecular weight is 565 g/mol. The van der Waals surface area contributed by atoms with Gasteiger partial charge in [0.1, 0.15) is 0 Å². The van der Waals surface area contributed by atoms with E-state index in [0.29, 0.717) is 16.2 Å². The van der Waals surface area contributed by atoms with E-state index >= 15 is 4.39 Å². The van der Waals surface area contributed by atoms with Gasteiger partial charge in [0, 0.05) is 10.8 Å². The molecule has 0 bridgehead atoms. The Morgan fingerprint density at radius 2 is 1.30 bits per heavy atom. The molecule has 3 heteroatoms. The normalized spacial score (nSPS) is 17.7. The van der Waals surface area contributed by atoms with Crippen LogP contribution in [0.25, 0.3) is 21.7 Å². The maximum Gasteiger partial charge on any atom is 0.198 e. The van der Waals surface area contributed by atoms with E-state index in [-0.39, 0.29) is 5.82 Å². The zero-order valence-electron chi connectivity index (χ0n) is 25.4. The molecule has 1 saturated carbocycles. The predicted molar refractivity (Wildman–Crippen MR) is 174 cm³/mol. The van der Waals surface area contributed by atoms with Gasteiger partial charge in [-0.2, -0.15) is 0 Å². The number of fused-ring (bicyclic) bond motifs is 3. The van der Waals surface area contributed by atoms with Crippen LogP contribution in [0.2, 0.25) is 0 Å².